The van der Waals surface area contributed by atoms with Crippen molar-refractivity contribution in [2.75, 3.05) is 13.7 Å². The summed E-state index contributed by atoms with van der Waals surface area (Å²) in [6.07, 6.45) is 0. The number of nitrogens with zero attached hydrogens (tertiary/aromatic N) is 1. The number of thiazole rings is 1. The number of nitrogens with one attached hydrogen (secondary N) is 1. The summed E-state index contributed by atoms with van der Waals surface area (Å²) >= 11 is 1.42. The molecule has 1 unspecified atom stereocenters. The van der Waals surface area contributed by atoms with Crippen LogP contribution in [0.25, 0.3) is 10.6 Å². The van der Waals surface area contributed by atoms with Crippen LogP contribution in [0.3, 0.4) is 0 Å². The van der Waals surface area contributed by atoms with Crippen LogP contribution >= 0.6 is 11.3 Å². The number of aryl methyl sites for hydroxylation is 1. The number of methoxy groups -OCH3 is 1. The Hall–Kier alpha value is -1.72. The van der Waals surface area contributed by atoms with E-state index in [1.807, 2.05) is 44.2 Å². The van der Waals surface area contributed by atoms with Crippen LogP contribution in [0, 0.1) is 6.92 Å². The average Bonchev–Trinajstić information content (AvgIpc) is 2.82. The molecule has 4 nitrogen and oxygen atoms in total. The number of hydrogen-bond donors (Lipinski definition) is 1. The van der Waals surface area contributed by atoms with Crippen molar-refractivity contribution in [3.63, 3.8) is 0 Å². The van der Waals surface area contributed by atoms with E-state index in [2.05, 4.69) is 10.3 Å². The first-order valence-corrected chi connectivity index (χ1v) is 7.26. The first-order chi connectivity index (χ1) is 9.61. The summed E-state index contributed by atoms with van der Waals surface area (Å²) in [4.78, 5) is 17.3. The second-order valence-corrected chi connectivity index (χ2v) is 5.63. The molecule has 0 radical (unpaired) electrons. The Balaban J connectivity index is 2.17. The van der Waals surface area contributed by atoms with Crippen molar-refractivity contribution in [1.82, 2.24) is 10.3 Å². The van der Waals surface area contributed by atoms with Crippen LogP contribution in [0.4, 0.5) is 0 Å². The predicted molar refractivity (Wildman–Crippen MR) is 81.1 cm³/mol. The van der Waals surface area contributed by atoms with Gasteiger partial charge >= 0.3 is 0 Å². The zero-order valence-corrected chi connectivity index (χ0v) is 12.7. The highest BCUT2D eigenvalue weighted by Gasteiger charge is 2.17. The van der Waals surface area contributed by atoms with Gasteiger partial charge in [-0.2, -0.15) is 0 Å². The summed E-state index contributed by atoms with van der Waals surface area (Å²) in [6, 6.07) is 9.86. The molecule has 0 fully saturated rings. The molecular formula is C15H18N2O2S. The molecule has 1 atom stereocenters. The molecule has 0 bridgehead atoms. The molecule has 0 saturated heterocycles. The van der Waals surface area contributed by atoms with E-state index in [4.69, 9.17) is 4.74 Å². The number of carbonyl (C=O) groups is 1. The maximum Gasteiger partial charge on any atom is 0.263 e. The predicted octanol–water partition coefficient (Wildman–Crippen LogP) is 2.88. The number of carbonyl (C=O) groups excluding carboxylic acids is 1. The third-order valence-electron chi connectivity index (χ3n) is 2.82. The summed E-state index contributed by atoms with van der Waals surface area (Å²) in [5.41, 5.74) is 1.79. The third-order valence-corrected chi connectivity index (χ3v) is 4.02. The van der Waals surface area contributed by atoms with E-state index in [9.17, 15) is 4.79 Å². The van der Waals surface area contributed by atoms with Crippen LogP contribution in [-0.4, -0.2) is 30.6 Å². The molecule has 1 heterocycles. The highest BCUT2D eigenvalue weighted by Crippen LogP contribution is 2.27. The topological polar surface area (TPSA) is 51.2 Å². The lowest BCUT2D eigenvalue weighted by atomic mass is 10.2. The van der Waals surface area contributed by atoms with E-state index in [1.165, 1.54) is 11.3 Å². The normalized spacial score (nSPS) is 12.2. The molecule has 1 amide bonds. The molecule has 0 aliphatic rings. The molecular weight excluding hydrogens is 272 g/mol. The summed E-state index contributed by atoms with van der Waals surface area (Å²) in [6.45, 7) is 4.27. The maximum atomic E-state index is 12.2. The van der Waals surface area contributed by atoms with Gasteiger partial charge in [0.25, 0.3) is 5.91 Å². The van der Waals surface area contributed by atoms with Gasteiger partial charge in [-0.05, 0) is 13.8 Å². The fraction of sp³-hybridized carbons (Fsp3) is 0.333. The average molecular weight is 290 g/mol. The number of benzene rings is 1. The van der Waals surface area contributed by atoms with Gasteiger partial charge in [-0.15, -0.1) is 11.3 Å². The molecule has 2 rings (SSSR count). The molecule has 0 spiro atoms. The van der Waals surface area contributed by atoms with Gasteiger partial charge in [0.05, 0.1) is 12.3 Å². The number of aromatic nitrogens is 1. The second kappa shape index (κ2) is 6.63. The van der Waals surface area contributed by atoms with Gasteiger partial charge < -0.3 is 10.1 Å². The highest BCUT2D eigenvalue weighted by atomic mass is 32.1. The van der Waals surface area contributed by atoms with Gasteiger partial charge in [-0.25, -0.2) is 4.98 Å². The summed E-state index contributed by atoms with van der Waals surface area (Å²) in [7, 11) is 1.62. The third kappa shape index (κ3) is 3.43. The quantitative estimate of drug-likeness (QED) is 0.921. The van der Waals surface area contributed by atoms with Gasteiger partial charge in [0.2, 0.25) is 0 Å². The van der Waals surface area contributed by atoms with Crippen molar-refractivity contribution in [3.8, 4) is 10.6 Å². The van der Waals surface area contributed by atoms with E-state index in [1.54, 1.807) is 7.11 Å². The van der Waals surface area contributed by atoms with Crippen molar-refractivity contribution >= 4 is 17.2 Å². The largest absolute Gasteiger partial charge is 0.383 e. The van der Waals surface area contributed by atoms with Crippen molar-refractivity contribution in [1.29, 1.82) is 0 Å². The van der Waals surface area contributed by atoms with E-state index in [0.29, 0.717) is 11.5 Å². The molecule has 1 N–H and O–H groups in total. The van der Waals surface area contributed by atoms with E-state index in [0.717, 1.165) is 16.3 Å². The van der Waals surface area contributed by atoms with Gasteiger partial charge in [0.15, 0.2) is 0 Å². The molecule has 2 aromatic rings. The van der Waals surface area contributed by atoms with Crippen molar-refractivity contribution in [2.45, 2.75) is 19.9 Å². The molecule has 20 heavy (non-hydrogen) atoms. The first-order valence-electron chi connectivity index (χ1n) is 6.44. The minimum atomic E-state index is -0.0910. The van der Waals surface area contributed by atoms with Crippen molar-refractivity contribution < 1.29 is 9.53 Å². The summed E-state index contributed by atoms with van der Waals surface area (Å²) in [5.74, 6) is -0.0910. The number of amides is 1. The SMILES string of the molecule is COCC(C)NC(=O)c1sc(-c2ccccc2)nc1C. The Morgan fingerprint density at radius 3 is 2.75 bits per heavy atom. The molecule has 106 valence electrons. The zero-order valence-electron chi connectivity index (χ0n) is 11.8. The molecule has 1 aromatic heterocycles. The van der Waals surface area contributed by atoms with Gasteiger partial charge in [0.1, 0.15) is 9.88 Å². The van der Waals surface area contributed by atoms with Crippen LogP contribution < -0.4 is 5.32 Å². The fourth-order valence-electron chi connectivity index (χ4n) is 1.89. The minimum Gasteiger partial charge on any atom is -0.383 e. The van der Waals surface area contributed by atoms with Gasteiger partial charge in [0, 0.05) is 18.7 Å². The Morgan fingerprint density at radius 1 is 1.40 bits per heavy atom. The van der Waals surface area contributed by atoms with Crippen LogP contribution in [0.5, 0.6) is 0 Å². The molecule has 0 saturated carbocycles. The lowest BCUT2D eigenvalue weighted by molar-refractivity contribution is 0.0909. The van der Waals surface area contributed by atoms with Gasteiger partial charge in [-0.1, -0.05) is 30.3 Å². The van der Waals surface area contributed by atoms with Crippen LogP contribution in [0.2, 0.25) is 0 Å². The number of rotatable bonds is 5. The van der Waals surface area contributed by atoms with Crippen LogP contribution in [0.15, 0.2) is 30.3 Å². The second-order valence-electron chi connectivity index (χ2n) is 4.63. The molecule has 0 aliphatic carbocycles. The van der Waals surface area contributed by atoms with E-state index < -0.39 is 0 Å². The van der Waals surface area contributed by atoms with Crippen molar-refractivity contribution in [3.05, 3.63) is 40.9 Å². The first kappa shape index (κ1) is 14.7. The van der Waals surface area contributed by atoms with Crippen LogP contribution in [-0.2, 0) is 4.74 Å². The monoisotopic (exact) mass is 290 g/mol. The number of hydrogen-bond acceptors (Lipinski definition) is 4. The number of ether oxygens (including phenoxy) is 1. The lowest BCUT2D eigenvalue weighted by Crippen LogP contribution is -2.35. The van der Waals surface area contributed by atoms with Crippen molar-refractivity contribution in [2.24, 2.45) is 0 Å². The van der Waals surface area contributed by atoms with E-state index in [-0.39, 0.29) is 11.9 Å². The van der Waals surface area contributed by atoms with Crippen LogP contribution in [0.1, 0.15) is 22.3 Å². The maximum absolute atomic E-state index is 12.2. The Kier molecular flexibility index (Phi) is 4.87. The minimum absolute atomic E-state index is 0.0193. The zero-order chi connectivity index (χ0) is 14.5. The standard InChI is InChI=1S/C15H18N2O2S/c1-10(9-19-3)16-14(18)13-11(2)17-15(20-13)12-7-5-4-6-8-12/h4-8,10H,9H2,1-3H3,(H,16,18). The summed E-state index contributed by atoms with van der Waals surface area (Å²) in [5, 5.41) is 3.78. The molecule has 1 aromatic carbocycles. The Bertz CT molecular complexity index is 581. The Labute approximate surface area is 122 Å². The summed E-state index contributed by atoms with van der Waals surface area (Å²) < 4.78 is 5.02. The van der Waals surface area contributed by atoms with Gasteiger partial charge in [-0.3, -0.25) is 4.79 Å². The molecule has 5 heteroatoms. The Morgan fingerprint density at radius 2 is 2.10 bits per heavy atom. The lowest BCUT2D eigenvalue weighted by Gasteiger charge is -2.11. The highest BCUT2D eigenvalue weighted by molar-refractivity contribution is 7.17. The fourth-order valence-corrected chi connectivity index (χ4v) is 2.87. The molecule has 0 aliphatic heterocycles. The smallest absolute Gasteiger partial charge is 0.263 e. The van der Waals surface area contributed by atoms with E-state index >= 15 is 0 Å².